The number of nitrogens with zero attached hydrogens (tertiary/aromatic N) is 1. The summed E-state index contributed by atoms with van der Waals surface area (Å²) in [6.07, 6.45) is 0. The highest BCUT2D eigenvalue weighted by Crippen LogP contribution is 2.28. The average molecular weight is 411 g/mol. The Balaban J connectivity index is 1.68. The van der Waals surface area contributed by atoms with E-state index in [1.54, 1.807) is 24.3 Å². The van der Waals surface area contributed by atoms with Crippen LogP contribution in [-0.2, 0) is 4.79 Å². The molecule has 1 heterocycles. The van der Waals surface area contributed by atoms with Crippen molar-refractivity contribution in [2.75, 3.05) is 10.6 Å². The van der Waals surface area contributed by atoms with Gasteiger partial charge in [0.1, 0.15) is 0 Å². The lowest BCUT2D eigenvalue weighted by Gasteiger charge is -2.08. The van der Waals surface area contributed by atoms with Crippen LogP contribution in [0, 0.1) is 6.92 Å². The van der Waals surface area contributed by atoms with Crippen LogP contribution >= 0.6 is 23.6 Å². The highest BCUT2D eigenvalue weighted by Gasteiger charge is 2.11. The van der Waals surface area contributed by atoms with Crippen molar-refractivity contribution >= 4 is 51.3 Å². The first-order valence-corrected chi connectivity index (χ1v) is 9.72. The second-order valence-electron chi connectivity index (χ2n) is 6.02. The van der Waals surface area contributed by atoms with Gasteiger partial charge in [0.15, 0.2) is 10.2 Å². The number of hydrogen-bond acceptors (Lipinski definition) is 5. The van der Waals surface area contributed by atoms with Gasteiger partial charge in [-0.15, -0.1) is 11.3 Å². The summed E-state index contributed by atoms with van der Waals surface area (Å²) in [6.45, 7) is 3.40. The lowest BCUT2D eigenvalue weighted by Crippen LogP contribution is -2.34. The van der Waals surface area contributed by atoms with Crippen molar-refractivity contribution in [3.8, 4) is 11.3 Å². The maximum Gasteiger partial charge on any atom is 0.257 e. The van der Waals surface area contributed by atoms with Gasteiger partial charge in [0, 0.05) is 29.1 Å². The molecular formula is C20H18N4O2S2. The fourth-order valence-corrected chi connectivity index (χ4v) is 3.44. The monoisotopic (exact) mass is 410 g/mol. The quantitative estimate of drug-likeness (QED) is 0.562. The summed E-state index contributed by atoms with van der Waals surface area (Å²) in [5, 5.41) is 11.0. The number of carbonyl (C=O) groups excluding carboxylic acids is 2. The molecule has 142 valence electrons. The molecule has 28 heavy (non-hydrogen) atoms. The molecule has 0 bridgehead atoms. The molecule has 0 atom stereocenters. The molecule has 8 heteroatoms. The van der Waals surface area contributed by atoms with Crippen molar-refractivity contribution < 1.29 is 9.59 Å². The summed E-state index contributed by atoms with van der Waals surface area (Å²) < 4.78 is 0. The molecule has 0 radical (unpaired) electrons. The van der Waals surface area contributed by atoms with Crippen LogP contribution in [0.3, 0.4) is 0 Å². The summed E-state index contributed by atoms with van der Waals surface area (Å²) >= 11 is 6.57. The zero-order chi connectivity index (χ0) is 20.1. The maximum atomic E-state index is 12.1. The molecule has 0 unspecified atom stereocenters. The molecule has 0 fully saturated rings. The maximum absolute atomic E-state index is 12.1. The highest BCUT2D eigenvalue weighted by atomic mass is 32.1. The predicted molar refractivity (Wildman–Crippen MR) is 117 cm³/mol. The molecule has 1 aromatic heterocycles. The van der Waals surface area contributed by atoms with Crippen LogP contribution in [0.1, 0.15) is 22.8 Å². The van der Waals surface area contributed by atoms with E-state index in [0.717, 1.165) is 22.5 Å². The summed E-state index contributed by atoms with van der Waals surface area (Å²) in [5.74, 6) is -0.409. The SMILES string of the molecule is CC(=O)Nc1cc(-c2csc(NC(=S)NC(=O)c3ccccc3)n2)ccc1C. The Kier molecular flexibility index (Phi) is 6.13. The number of carbonyl (C=O) groups is 2. The Hall–Kier alpha value is -3.10. The number of anilines is 2. The molecule has 2 aromatic carbocycles. The van der Waals surface area contributed by atoms with E-state index in [0.29, 0.717) is 10.7 Å². The molecule has 3 N–H and O–H groups in total. The summed E-state index contributed by atoms with van der Waals surface area (Å²) in [5.41, 5.74) is 3.86. The van der Waals surface area contributed by atoms with Gasteiger partial charge in [-0.1, -0.05) is 30.3 Å². The summed E-state index contributed by atoms with van der Waals surface area (Å²) in [4.78, 5) is 28.0. The summed E-state index contributed by atoms with van der Waals surface area (Å²) in [6, 6.07) is 14.6. The van der Waals surface area contributed by atoms with Crippen LogP contribution in [0.4, 0.5) is 10.8 Å². The van der Waals surface area contributed by atoms with Crippen LogP contribution in [0.2, 0.25) is 0 Å². The number of aromatic nitrogens is 1. The van der Waals surface area contributed by atoms with Gasteiger partial charge >= 0.3 is 0 Å². The molecule has 0 aliphatic carbocycles. The minimum atomic E-state index is -0.284. The number of amides is 2. The zero-order valence-electron chi connectivity index (χ0n) is 15.3. The van der Waals surface area contributed by atoms with Gasteiger partial charge in [-0.2, -0.15) is 0 Å². The molecule has 0 aliphatic rings. The first-order chi connectivity index (χ1) is 13.4. The number of hydrogen-bond donors (Lipinski definition) is 3. The van der Waals surface area contributed by atoms with Crippen molar-refractivity contribution in [1.29, 1.82) is 0 Å². The number of thiocarbonyl (C=S) groups is 1. The van der Waals surface area contributed by atoms with E-state index in [-0.39, 0.29) is 16.9 Å². The molecule has 3 rings (SSSR count). The molecule has 3 aromatic rings. The Labute approximate surface area is 172 Å². The van der Waals surface area contributed by atoms with E-state index in [4.69, 9.17) is 12.2 Å². The summed E-state index contributed by atoms with van der Waals surface area (Å²) in [7, 11) is 0. The molecule has 0 saturated heterocycles. The van der Waals surface area contributed by atoms with Crippen molar-refractivity contribution in [3.63, 3.8) is 0 Å². The Morgan fingerprint density at radius 2 is 1.82 bits per heavy atom. The lowest BCUT2D eigenvalue weighted by molar-refractivity contribution is -0.114. The van der Waals surface area contributed by atoms with Crippen LogP contribution in [0.5, 0.6) is 0 Å². The fraction of sp³-hybridized carbons (Fsp3) is 0.100. The third kappa shape index (κ3) is 4.99. The van der Waals surface area contributed by atoms with Crippen LogP contribution in [0.15, 0.2) is 53.9 Å². The Morgan fingerprint density at radius 1 is 1.07 bits per heavy atom. The van der Waals surface area contributed by atoms with E-state index in [2.05, 4.69) is 20.9 Å². The Bertz CT molecular complexity index is 1030. The average Bonchev–Trinajstić information content (AvgIpc) is 3.12. The molecule has 0 aliphatic heterocycles. The van der Waals surface area contributed by atoms with Gasteiger partial charge in [-0.05, 0) is 42.9 Å². The molecule has 0 saturated carbocycles. The smallest absolute Gasteiger partial charge is 0.257 e. The topological polar surface area (TPSA) is 83.1 Å². The predicted octanol–water partition coefficient (Wildman–Crippen LogP) is 4.20. The standard InChI is InChI=1S/C20H18N4O2S2/c1-12-8-9-15(10-16(12)21-13(2)25)17-11-28-20(22-17)24-19(27)23-18(26)14-6-4-3-5-7-14/h3-11H,1-2H3,(H,21,25)(H2,22,23,24,26,27). The first-order valence-electron chi connectivity index (χ1n) is 8.44. The zero-order valence-corrected chi connectivity index (χ0v) is 16.9. The van der Waals surface area contributed by atoms with E-state index in [1.165, 1.54) is 18.3 Å². The van der Waals surface area contributed by atoms with Crippen molar-refractivity contribution in [3.05, 3.63) is 65.0 Å². The highest BCUT2D eigenvalue weighted by molar-refractivity contribution is 7.80. The van der Waals surface area contributed by atoms with Gasteiger partial charge in [0.25, 0.3) is 5.91 Å². The third-order valence-electron chi connectivity index (χ3n) is 3.83. The fourth-order valence-electron chi connectivity index (χ4n) is 2.46. The number of aryl methyl sites for hydroxylation is 1. The van der Waals surface area contributed by atoms with E-state index in [1.807, 2.05) is 36.6 Å². The number of thiazole rings is 1. The first kappa shape index (κ1) is 19.7. The van der Waals surface area contributed by atoms with Gasteiger partial charge in [0.2, 0.25) is 5.91 Å². The minimum absolute atomic E-state index is 0.125. The van der Waals surface area contributed by atoms with Crippen molar-refractivity contribution in [2.24, 2.45) is 0 Å². The van der Waals surface area contributed by atoms with Crippen molar-refractivity contribution in [2.45, 2.75) is 13.8 Å². The van der Waals surface area contributed by atoms with Gasteiger partial charge in [-0.3, -0.25) is 14.9 Å². The van der Waals surface area contributed by atoms with Gasteiger partial charge < -0.3 is 10.6 Å². The minimum Gasteiger partial charge on any atom is -0.326 e. The van der Waals surface area contributed by atoms with Gasteiger partial charge in [-0.25, -0.2) is 4.98 Å². The van der Waals surface area contributed by atoms with Crippen LogP contribution in [0.25, 0.3) is 11.3 Å². The second-order valence-corrected chi connectivity index (χ2v) is 7.29. The number of rotatable bonds is 4. The van der Waals surface area contributed by atoms with E-state index in [9.17, 15) is 9.59 Å². The largest absolute Gasteiger partial charge is 0.326 e. The number of benzene rings is 2. The molecule has 0 spiro atoms. The normalized spacial score (nSPS) is 10.2. The molecule has 2 amide bonds. The van der Waals surface area contributed by atoms with E-state index < -0.39 is 0 Å². The van der Waals surface area contributed by atoms with Crippen molar-refractivity contribution in [1.82, 2.24) is 10.3 Å². The van der Waals surface area contributed by atoms with Crippen LogP contribution < -0.4 is 16.0 Å². The number of nitrogens with one attached hydrogen (secondary N) is 3. The van der Waals surface area contributed by atoms with Crippen LogP contribution in [-0.4, -0.2) is 21.9 Å². The van der Waals surface area contributed by atoms with E-state index >= 15 is 0 Å². The molecular weight excluding hydrogens is 392 g/mol. The molecule has 6 nitrogen and oxygen atoms in total. The second kappa shape index (κ2) is 8.73. The Morgan fingerprint density at radius 3 is 2.54 bits per heavy atom. The lowest BCUT2D eigenvalue weighted by atomic mass is 10.1. The third-order valence-corrected chi connectivity index (χ3v) is 4.79. The van der Waals surface area contributed by atoms with Gasteiger partial charge in [0.05, 0.1) is 5.69 Å².